The molecule has 0 aliphatic heterocycles. The zero-order valence-corrected chi connectivity index (χ0v) is 11.1. The normalized spacial score (nSPS) is 17.1. The van der Waals surface area contributed by atoms with Crippen molar-refractivity contribution in [1.29, 1.82) is 0 Å². The molecule has 3 heteroatoms. The van der Waals surface area contributed by atoms with Gasteiger partial charge in [0.25, 0.3) is 0 Å². The Kier molecular flexibility index (Phi) is 2.40. The topological polar surface area (TPSA) is 36.0 Å². The third-order valence-electron chi connectivity index (χ3n) is 2.96. The lowest BCUT2D eigenvalue weighted by atomic mass is 10.1. The molecule has 0 unspecified atom stereocenters. The average molecular weight is 251 g/mol. The van der Waals surface area contributed by atoms with Crippen molar-refractivity contribution in [2.45, 2.75) is 19.7 Å². The van der Waals surface area contributed by atoms with E-state index >= 15 is 0 Å². The fourth-order valence-electron chi connectivity index (χ4n) is 2.09. The molecule has 3 nitrogen and oxygen atoms in total. The number of aromatic amines is 1. The van der Waals surface area contributed by atoms with Crippen LogP contribution in [0.5, 0.6) is 5.75 Å². The van der Waals surface area contributed by atoms with Crippen LogP contribution in [0.25, 0.3) is 10.9 Å². The summed E-state index contributed by atoms with van der Waals surface area (Å²) in [7, 11) is 3.38. The second-order valence-electron chi connectivity index (χ2n) is 5.05. The number of H-pyrrole nitrogens is 1. The zero-order valence-electron chi connectivity index (χ0n) is 15.1. The fourth-order valence-corrected chi connectivity index (χ4v) is 2.09. The molecule has 0 atom stereocenters. The maximum atomic E-state index is 10.1. The summed E-state index contributed by atoms with van der Waals surface area (Å²) in [6, 6.07) is 4.88. The lowest BCUT2D eigenvalue weighted by molar-refractivity contribution is -0.890. The molecular formula is C15H23N2O+. The Labute approximate surface area is 114 Å². The first-order valence-electron chi connectivity index (χ1n) is 8.19. The molecule has 0 bridgehead atoms. The number of hydrogen-bond acceptors (Lipinski definition) is 1. The third kappa shape index (κ3) is 2.67. The summed E-state index contributed by atoms with van der Waals surface area (Å²) in [5.74, 6) is -0.0470. The molecule has 1 aromatic carbocycles. The first-order chi connectivity index (χ1) is 10.1. The van der Waals surface area contributed by atoms with Gasteiger partial charge < -0.3 is 14.6 Å². The summed E-state index contributed by atoms with van der Waals surface area (Å²) in [6.07, 6.45) is -0.0569. The Hall–Kier alpha value is -1.48. The summed E-state index contributed by atoms with van der Waals surface area (Å²) < 4.78 is 33.6. The quantitative estimate of drug-likeness (QED) is 0.788. The maximum Gasteiger partial charge on any atom is 0.125 e. The predicted molar refractivity (Wildman–Crippen MR) is 75.8 cm³/mol. The molecule has 0 amide bonds. The Morgan fingerprint density at radius 1 is 1.39 bits per heavy atom. The number of nitrogens with zero attached hydrogens (tertiary/aromatic N) is 1. The molecular weight excluding hydrogens is 224 g/mol. The van der Waals surface area contributed by atoms with Gasteiger partial charge in [-0.2, -0.15) is 0 Å². The Morgan fingerprint density at radius 2 is 2.17 bits per heavy atom. The van der Waals surface area contributed by atoms with Gasteiger partial charge in [-0.05, 0) is 24.1 Å². The smallest absolute Gasteiger partial charge is 0.125 e. The van der Waals surface area contributed by atoms with Crippen LogP contribution in [0.2, 0.25) is 0 Å². The largest absolute Gasteiger partial charge is 0.507 e. The Morgan fingerprint density at radius 3 is 2.89 bits per heavy atom. The van der Waals surface area contributed by atoms with E-state index in [1.807, 2.05) is 6.92 Å². The molecule has 2 N–H and O–H groups in total. The summed E-state index contributed by atoms with van der Waals surface area (Å²) in [5.41, 5.74) is 0.739. The van der Waals surface area contributed by atoms with Crippen molar-refractivity contribution in [1.82, 2.24) is 4.98 Å². The molecule has 0 saturated carbocycles. The van der Waals surface area contributed by atoms with Crippen LogP contribution in [0.3, 0.4) is 0 Å². The second kappa shape index (κ2) is 5.02. The first kappa shape index (κ1) is 8.59. The highest BCUT2D eigenvalue weighted by atomic mass is 16.3. The number of aromatic hydroxyl groups is 1. The van der Waals surface area contributed by atoms with E-state index in [-0.39, 0.29) is 15.8 Å². The van der Waals surface area contributed by atoms with Gasteiger partial charge in [0.2, 0.25) is 0 Å². The van der Waals surface area contributed by atoms with Crippen LogP contribution in [0.4, 0.5) is 0 Å². The SMILES string of the molecule is [2H]C([2H])(c1c[nH]c2cccc(O)c12)C([2H])([2H])[N+](C)(C)CCC. The standard InChI is InChI=1S/C15H22N2O/c1-4-9-17(2,3)10-8-12-11-16-13-6-5-7-14(18)15(12)13/h5-7,11,16H,4,8-10H2,1-3H3/p+1/i8D2,10D2. The highest BCUT2D eigenvalue weighted by Gasteiger charge is 2.15. The number of aromatic nitrogens is 1. The van der Waals surface area contributed by atoms with Gasteiger partial charge in [-0.1, -0.05) is 13.0 Å². The number of hydrogen-bond donors (Lipinski definition) is 2. The number of aryl methyl sites for hydroxylation is 1. The molecule has 18 heavy (non-hydrogen) atoms. The third-order valence-corrected chi connectivity index (χ3v) is 2.96. The minimum atomic E-state index is -2.26. The highest BCUT2D eigenvalue weighted by molar-refractivity contribution is 5.88. The van der Waals surface area contributed by atoms with Crippen LogP contribution in [0.15, 0.2) is 24.4 Å². The molecule has 98 valence electrons. The van der Waals surface area contributed by atoms with Crippen molar-refractivity contribution < 1.29 is 15.1 Å². The van der Waals surface area contributed by atoms with Crippen LogP contribution < -0.4 is 0 Å². The molecule has 0 fully saturated rings. The molecule has 0 aliphatic rings. The highest BCUT2D eigenvalue weighted by Crippen LogP contribution is 2.28. The molecule has 0 aliphatic carbocycles. The van der Waals surface area contributed by atoms with E-state index in [0.717, 1.165) is 6.42 Å². The Balaban J connectivity index is 2.62. The molecule has 2 aromatic rings. The fraction of sp³-hybridized carbons (Fsp3) is 0.467. The van der Waals surface area contributed by atoms with Crippen molar-refractivity contribution in [3.8, 4) is 5.75 Å². The maximum absolute atomic E-state index is 10.1. The van der Waals surface area contributed by atoms with Gasteiger partial charge in [-0.3, -0.25) is 0 Å². The van der Waals surface area contributed by atoms with Gasteiger partial charge in [0, 0.05) is 26.2 Å². The number of likely N-dealkylation sites (N-methyl/N-ethyl adjacent to an activating group) is 1. The number of quaternary nitrogens is 1. The Bertz CT molecular complexity index is 679. The lowest BCUT2D eigenvalue weighted by Gasteiger charge is -2.29. The van der Waals surface area contributed by atoms with Gasteiger partial charge in [-0.25, -0.2) is 0 Å². The van der Waals surface area contributed by atoms with E-state index in [1.165, 1.54) is 12.3 Å². The summed E-state index contributed by atoms with van der Waals surface area (Å²) in [5, 5.41) is 10.4. The van der Waals surface area contributed by atoms with E-state index in [2.05, 4.69) is 4.98 Å². The molecule has 0 saturated heterocycles. The monoisotopic (exact) mass is 251 g/mol. The van der Waals surface area contributed by atoms with Crippen molar-refractivity contribution in [3.63, 3.8) is 0 Å². The van der Waals surface area contributed by atoms with Crippen LogP contribution in [-0.4, -0.2) is 41.7 Å². The van der Waals surface area contributed by atoms with Crippen molar-refractivity contribution in [3.05, 3.63) is 30.0 Å². The molecule has 1 heterocycles. The minimum Gasteiger partial charge on any atom is -0.507 e. The minimum absolute atomic E-state index is 0.0470. The van der Waals surface area contributed by atoms with Crippen LogP contribution >= 0.6 is 0 Å². The summed E-state index contributed by atoms with van der Waals surface area (Å²) in [4.78, 5) is 2.92. The number of phenols is 1. The van der Waals surface area contributed by atoms with E-state index in [0.29, 0.717) is 17.4 Å². The van der Waals surface area contributed by atoms with Crippen molar-refractivity contribution in [2.75, 3.05) is 27.1 Å². The zero-order chi connectivity index (χ0) is 16.8. The number of fused-ring (bicyclic) bond motifs is 1. The van der Waals surface area contributed by atoms with E-state index < -0.39 is 12.9 Å². The number of benzene rings is 1. The number of nitrogens with one attached hydrogen (secondary N) is 1. The van der Waals surface area contributed by atoms with Gasteiger partial charge in [0.1, 0.15) is 5.75 Å². The van der Waals surface area contributed by atoms with Gasteiger partial charge >= 0.3 is 0 Å². The van der Waals surface area contributed by atoms with E-state index in [9.17, 15) is 5.11 Å². The van der Waals surface area contributed by atoms with Gasteiger partial charge in [0.15, 0.2) is 0 Å². The van der Waals surface area contributed by atoms with E-state index in [4.69, 9.17) is 5.48 Å². The van der Waals surface area contributed by atoms with Crippen LogP contribution in [-0.2, 0) is 6.37 Å². The van der Waals surface area contributed by atoms with Gasteiger partial charge in [-0.15, -0.1) is 0 Å². The van der Waals surface area contributed by atoms with Crippen molar-refractivity contribution >= 4 is 10.9 Å². The average Bonchev–Trinajstić information content (AvgIpc) is 2.84. The number of phenolic OH excluding ortho intramolecular Hbond substituents is 1. The van der Waals surface area contributed by atoms with Crippen LogP contribution in [0.1, 0.15) is 24.4 Å². The molecule has 0 radical (unpaired) electrons. The molecule has 0 spiro atoms. The van der Waals surface area contributed by atoms with Crippen LogP contribution in [0, 0.1) is 0 Å². The molecule has 2 rings (SSSR count). The second-order valence-corrected chi connectivity index (χ2v) is 5.05. The lowest BCUT2D eigenvalue weighted by Crippen LogP contribution is -2.41. The summed E-state index contributed by atoms with van der Waals surface area (Å²) >= 11 is 0. The number of rotatable bonds is 5. The van der Waals surface area contributed by atoms with Gasteiger partial charge in [0.05, 0.1) is 29.9 Å². The van der Waals surface area contributed by atoms with E-state index in [1.54, 1.807) is 26.2 Å². The van der Waals surface area contributed by atoms with Crippen molar-refractivity contribution in [2.24, 2.45) is 0 Å². The summed E-state index contributed by atoms with van der Waals surface area (Å²) in [6.45, 7) is 0.310. The predicted octanol–water partition coefficient (Wildman–Crippen LogP) is 2.90. The first-order valence-corrected chi connectivity index (χ1v) is 6.19. The molecule has 1 aromatic heterocycles.